The SMILES string of the molecule is CCOc1n[s+]([O-])nc1Nc1cccc(C(=O)N(C)Cc2ccccc2)c1O. The van der Waals surface area contributed by atoms with Gasteiger partial charge >= 0.3 is 5.88 Å². The van der Waals surface area contributed by atoms with Crippen LogP contribution in [0.2, 0.25) is 0 Å². The number of aromatic nitrogens is 2. The zero-order chi connectivity index (χ0) is 20.1. The van der Waals surface area contributed by atoms with E-state index < -0.39 is 11.1 Å². The Kier molecular flexibility index (Phi) is 6.07. The number of amides is 1. The van der Waals surface area contributed by atoms with Crippen molar-refractivity contribution in [3.05, 3.63) is 59.7 Å². The minimum Gasteiger partial charge on any atom is -0.546 e. The molecule has 3 rings (SSSR count). The summed E-state index contributed by atoms with van der Waals surface area (Å²) in [6, 6.07) is 14.3. The lowest BCUT2D eigenvalue weighted by Crippen LogP contribution is -2.26. The van der Waals surface area contributed by atoms with Gasteiger partial charge < -0.3 is 24.6 Å². The van der Waals surface area contributed by atoms with Crippen molar-refractivity contribution in [1.82, 2.24) is 13.6 Å². The maximum Gasteiger partial charge on any atom is 0.318 e. The maximum absolute atomic E-state index is 12.8. The van der Waals surface area contributed by atoms with Gasteiger partial charge in [0.1, 0.15) is 0 Å². The third-order valence-electron chi connectivity index (χ3n) is 3.94. The number of phenolic OH excluding ortho intramolecular Hbond substituents is 1. The van der Waals surface area contributed by atoms with E-state index in [0.717, 1.165) is 5.56 Å². The summed E-state index contributed by atoms with van der Waals surface area (Å²) in [6.45, 7) is 2.50. The summed E-state index contributed by atoms with van der Waals surface area (Å²) in [5.41, 5.74) is 1.36. The van der Waals surface area contributed by atoms with Crippen molar-refractivity contribution in [3.8, 4) is 11.6 Å². The van der Waals surface area contributed by atoms with Crippen LogP contribution in [-0.4, -0.2) is 42.9 Å². The highest BCUT2D eigenvalue weighted by atomic mass is 32.2. The molecule has 1 aromatic heterocycles. The third-order valence-corrected chi connectivity index (χ3v) is 4.60. The number of carbonyl (C=O) groups is 1. The highest BCUT2D eigenvalue weighted by Crippen LogP contribution is 2.34. The average molecular weight is 400 g/mol. The van der Waals surface area contributed by atoms with E-state index >= 15 is 0 Å². The van der Waals surface area contributed by atoms with Crippen molar-refractivity contribution in [1.29, 1.82) is 0 Å². The van der Waals surface area contributed by atoms with Crippen LogP contribution in [0.15, 0.2) is 48.5 Å². The fourth-order valence-electron chi connectivity index (χ4n) is 2.64. The number of carbonyl (C=O) groups excluding carboxylic acids is 1. The highest BCUT2D eigenvalue weighted by Gasteiger charge is 2.22. The number of rotatable bonds is 7. The Hall–Kier alpha value is -3.17. The second-order valence-corrected chi connectivity index (χ2v) is 6.80. The molecule has 0 aliphatic heterocycles. The van der Waals surface area contributed by atoms with E-state index in [1.165, 1.54) is 11.0 Å². The van der Waals surface area contributed by atoms with Crippen LogP contribution in [0.25, 0.3) is 0 Å². The first-order valence-corrected chi connectivity index (χ1v) is 9.67. The fourth-order valence-corrected chi connectivity index (χ4v) is 3.24. The summed E-state index contributed by atoms with van der Waals surface area (Å²) in [6.07, 6.45) is 0. The number of hydrogen-bond acceptors (Lipinski definition) is 7. The van der Waals surface area contributed by atoms with Crippen LogP contribution in [0.1, 0.15) is 22.8 Å². The fraction of sp³-hybridized carbons (Fsp3) is 0.211. The lowest BCUT2D eigenvalue weighted by Gasteiger charge is -2.19. The summed E-state index contributed by atoms with van der Waals surface area (Å²) < 4.78 is 24.4. The largest absolute Gasteiger partial charge is 0.546 e. The van der Waals surface area contributed by atoms with Crippen LogP contribution in [-0.2, 0) is 6.54 Å². The van der Waals surface area contributed by atoms with Crippen molar-refractivity contribution in [2.75, 3.05) is 19.0 Å². The van der Waals surface area contributed by atoms with Crippen LogP contribution in [0.3, 0.4) is 0 Å². The lowest BCUT2D eigenvalue weighted by molar-refractivity contribution is 0.0782. The van der Waals surface area contributed by atoms with Gasteiger partial charge in [-0.2, -0.15) is 0 Å². The van der Waals surface area contributed by atoms with Gasteiger partial charge in [0.05, 0.1) is 17.9 Å². The molecular formula is C19H20N4O4S. The molecule has 2 aromatic carbocycles. The Bertz CT molecular complexity index is 962. The van der Waals surface area contributed by atoms with Crippen molar-refractivity contribution in [2.45, 2.75) is 13.5 Å². The molecule has 0 bridgehead atoms. The van der Waals surface area contributed by atoms with E-state index in [1.807, 2.05) is 30.3 Å². The monoisotopic (exact) mass is 400 g/mol. The Morgan fingerprint density at radius 3 is 2.68 bits per heavy atom. The van der Waals surface area contributed by atoms with Gasteiger partial charge in [-0.3, -0.25) is 4.79 Å². The maximum atomic E-state index is 12.8. The summed E-state index contributed by atoms with van der Waals surface area (Å²) in [4.78, 5) is 14.3. The second-order valence-electron chi connectivity index (χ2n) is 5.97. The number of hydrogen-bond donors (Lipinski definition) is 2. The molecule has 1 unspecified atom stereocenters. The number of nitrogens with zero attached hydrogens (tertiary/aromatic N) is 3. The predicted octanol–water partition coefficient (Wildman–Crippen LogP) is 3.32. The minimum absolute atomic E-state index is 0.0955. The van der Waals surface area contributed by atoms with Crippen LogP contribution in [0.4, 0.5) is 11.5 Å². The van der Waals surface area contributed by atoms with E-state index in [2.05, 4.69) is 14.1 Å². The van der Waals surface area contributed by atoms with Gasteiger partial charge in [-0.1, -0.05) is 36.4 Å². The standard InChI is InChI=1S/C19H20N4O4S/c1-3-27-18-17(21-28(26)22-18)20-15-11-7-10-14(16(15)24)19(25)23(2)12-13-8-5-4-6-9-13/h4-11,24H,3,12H2,1-2H3,(H,20,21). The van der Waals surface area contributed by atoms with Gasteiger partial charge in [0, 0.05) is 22.3 Å². The molecule has 0 aliphatic rings. The van der Waals surface area contributed by atoms with Crippen LogP contribution in [0, 0.1) is 0 Å². The molecule has 0 spiro atoms. The number of phenols is 1. The van der Waals surface area contributed by atoms with Crippen molar-refractivity contribution >= 4 is 28.6 Å². The van der Waals surface area contributed by atoms with Gasteiger partial charge in [-0.15, -0.1) is 0 Å². The molecule has 9 heteroatoms. The molecule has 8 nitrogen and oxygen atoms in total. The molecule has 1 amide bonds. The average Bonchev–Trinajstić information content (AvgIpc) is 3.03. The Morgan fingerprint density at radius 2 is 1.96 bits per heavy atom. The summed E-state index contributed by atoms with van der Waals surface area (Å²) in [7, 11) is 1.67. The van der Waals surface area contributed by atoms with E-state index in [-0.39, 0.29) is 34.6 Å². The summed E-state index contributed by atoms with van der Waals surface area (Å²) in [5, 5.41) is 13.4. The third kappa shape index (κ3) is 4.38. The Balaban J connectivity index is 1.81. The van der Waals surface area contributed by atoms with E-state index in [9.17, 15) is 14.5 Å². The molecule has 28 heavy (non-hydrogen) atoms. The zero-order valence-corrected chi connectivity index (χ0v) is 16.3. The molecular weight excluding hydrogens is 380 g/mol. The van der Waals surface area contributed by atoms with Crippen molar-refractivity contribution < 1.29 is 19.2 Å². The van der Waals surface area contributed by atoms with Gasteiger partial charge in [0.15, 0.2) is 16.9 Å². The van der Waals surface area contributed by atoms with Crippen LogP contribution < -0.4 is 10.1 Å². The second kappa shape index (κ2) is 8.68. The minimum atomic E-state index is -1.78. The Morgan fingerprint density at radius 1 is 1.21 bits per heavy atom. The first kappa shape index (κ1) is 19.6. The molecule has 0 fully saturated rings. The topological polar surface area (TPSA) is 111 Å². The number of nitrogens with one attached hydrogen (secondary N) is 1. The van der Waals surface area contributed by atoms with Crippen molar-refractivity contribution in [2.24, 2.45) is 0 Å². The number of benzene rings is 2. The molecule has 1 atom stereocenters. The van der Waals surface area contributed by atoms with E-state index in [0.29, 0.717) is 13.2 Å². The van der Waals surface area contributed by atoms with Crippen LogP contribution >= 0.6 is 11.1 Å². The molecule has 146 valence electrons. The molecule has 0 saturated heterocycles. The lowest BCUT2D eigenvalue weighted by atomic mass is 10.1. The first-order chi connectivity index (χ1) is 13.5. The molecule has 1 heterocycles. The van der Waals surface area contributed by atoms with Gasteiger partial charge in [0.25, 0.3) is 11.7 Å². The van der Waals surface area contributed by atoms with E-state index in [4.69, 9.17) is 4.74 Å². The molecule has 0 radical (unpaired) electrons. The molecule has 0 saturated carbocycles. The quantitative estimate of drug-likeness (QED) is 0.462. The smallest absolute Gasteiger partial charge is 0.318 e. The number of anilines is 2. The predicted molar refractivity (Wildman–Crippen MR) is 105 cm³/mol. The number of para-hydroxylation sites is 1. The normalized spacial score (nSPS) is 11.2. The zero-order valence-electron chi connectivity index (χ0n) is 15.5. The highest BCUT2D eigenvalue weighted by molar-refractivity contribution is 7.14. The van der Waals surface area contributed by atoms with Gasteiger partial charge in [0.2, 0.25) is 0 Å². The summed E-state index contributed by atoms with van der Waals surface area (Å²) in [5.74, 6) is -0.333. The number of aromatic hydroxyl groups is 1. The van der Waals surface area contributed by atoms with Crippen LogP contribution in [0.5, 0.6) is 11.6 Å². The first-order valence-electron chi connectivity index (χ1n) is 8.60. The van der Waals surface area contributed by atoms with Gasteiger partial charge in [-0.25, -0.2) is 0 Å². The van der Waals surface area contributed by atoms with Crippen molar-refractivity contribution in [3.63, 3.8) is 0 Å². The molecule has 3 aromatic rings. The number of ether oxygens (including phenoxy) is 1. The molecule has 0 aliphatic carbocycles. The van der Waals surface area contributed by atoms with Gasteiger partial charge in [-0.05, 0) is 24.6 Å². The molecule has 2 N–H and O–H groups in total. The van der Waals surface area contributed by atoms with E-state index in [1.54, 1.807) is 26.1 Å². The summed E-state index contributed by atoms with van der Waals surface area (Å²) >= 11 is -1.78. The Labute approximate surface area is 165 Å².